The summed E-state index contributed by atoms with van der Waals surface area (Å²) in [6.45, 7) is 2.52. The van der Waals surface area contributed by atoms with Crippen molar-refractivity contribution < 1.29 is 13.2 Å². The highest BCUT2D eigenvalue weighted by atomic mass is 32.2. The lowest BCUT2D eigenvalue weighted by Gasteiger charge is -2.33. The van der Waals surface area contributed by atoms with Crippen molar-refractivity contribution in [1.29, 1.82) is 0 Å². The number of amides is 1. The molecule has 1 N–H and O–H groups in total. The van der Waals surface area contributed by atoms with Crippen LogP contribution in [0.5, 0.6) is 0 Å². The third-order valence-electron chi connectivity index (χ3n) is 6.20. The molecule has 1 saturated heterocycles. The van der Waals surface area contributed by atoms with Crippen molar-refractivity contribution in [2.24, 2.45) is 0 Å². The van der Waals surface area contributed by atoms with E-state index < -0.39 is 10.0 Å². The number of carbonyl (C=O) groups is 1. The zero-order chi connectivity index (χ0) is 23.3. The average molecular weight is 485 g/mol. The first kappa shape index (κ1) is 22.1. The molecule has 2 aliphatic rings. The van der Waals surface area contributed by atoms with Crippen molar-refractivity contribution in [2.45, 2.75) is 18.1 Å². The molecule has 33 heavy (non-hydrogen) atoms. The lowest BCUT2D eigenvalue weighted by molar-refractivity contribution is -0.00172. The molecule has 172 valence electrons. The Bertz CT molecular complexity index is 1350. The summed E-state index contributed by atoms with van der Waals surface area (Å²) in [4.78, 5) is 23.4. The maximum absolute atomic E-state index is 13.2. The van der Waals surface area contributed by atoms with E-state index in [1.54, 1.807) is 29.2 Å². The molecule has 0 radical (unpaired) electrons. The van der Waals surface area contributed by atoms with Crippen LogP contribution < -0.4 is 0 Å². The highest BCUT2D eigenvalue weighted by Crippen LogP contribution is 2.28. The number of nitrogens with one attached hydrogen (secondary N) is 1. The van der Waals surface area contributed by atoms with Gasteiger partial charge in [-0.2, -0.15) is 4.31 Å². The Balaban J connectivity index is 1.28. The molecule has 2 aromatic heterocycles. The molecule has 4 heterocycles. The highest BCUT2D eigenvalue weighted by Gasteiger charge is 2.33. The number of aromatic amines is 1. The van der Waals surface area contributed by atoms with Crippen LogP contribution in [0.2, 0.25) is 0 Å². The predicted molar refractivity (Wildman–Crippen MR) is 126 cm³/mol. The highest BCUT2D eigenvalue weighted by molar-refractivity contribution is 7.89. The molecule has 1 aromatic carbocycles. The van der Waals surface area contributed by atoms with E-state index in [4.69, 9.17) is 6.42 Å². The first-order valence-electron chi connectivity index (χ1n) is 10.6. The van der Waals surface area contributed by atoms with Gasteiger partial charge in [-0.1, -0.05) is 5.92 Å². The van der Waals surface area contributed by atoms with Gasteiger partial charge in [0.2, 0.25) is 0 Å². The number of fused-ring (bicyclic) bond motifs is 2. The SMILES string of the molecule is C#Cc1ccc2[nH]c(S(=O)(=O)N3CCN(C(=O)c4nc5c(s4)CN(C)N(C)C5)CC3)cc2c1. The minimum atomic E-state index is -3.71. The third kappa shape index (κ3) is 3.94. The van der Waals surface area contributed by atoms with Crippen LogP contribution in [0.15, 0.2) is 29.3 Å². The van der Waals surface area contributed by atoms with Crippen LogP contribution >= 0.6 is 11.3 Å². The number of terminal acetylenes is 1. The van der Waals surface area contributed by atoms with Gasteiger partial charge >= 0.3 is 0 Å². The first-order chi connectivity index (χ1) is 15.8. The van der Waals surface area contributed by atoms with Gasteiger partial charge in [0.1, 0.15) is 5.03 Å². The van der Waals surface area contributed by atoms with Crippen LogP contribution in [0.1, 0.15) is 25.9 Å². The Morgan fingerprint density at radius 2 is 1.85 bits per heavy atom. The Labute approximate surface area is 196 Å². The molecule has 0 saturated carbocycles. The van der Waals surface area contributed by atoms with Crippen molar-refractivity contribution in [3.8, 4) is 12.3 Å². The molecule has 0 bridgehead atoms. The van der Waals surface area contributed by atoms with E-state index in [1.807, 2.05) is 14.1 Å². The molecule has 0 aliphatic carbocycles. The van der Waals surface area contributed by atoms with Crippen LogP contribution in [-0.4, -0.2) is 83.8 Å². The van der Waals surface area contributed by atoms with Crippen LogP contribution in [-0.2, 0) is 23.1 Å². The number of nitrogens with zero attached hydrogens (tertiary/aromatic N) is 5. The Hall–Kier alpha value is -2.75. The Morgan fingerprint density at radius 1 is 1.12 bits per heavy atom. The van der Waals surface area contributed by atoms with Crippen LogP contribution in [0, 0.1) is 12.3 Å². The second-order valence-corrected chi connectivity index (χ2v) is 11.3. The monoisotopic (exact) mass is 484 g/mol. The zero-order valence-corrected chi connectivity index (χ0v) is 20.0. The molecule has 0 spiro atoms. The summed E-state index contributed by atoms with van der Waals surface area (Å²) < 4.78 is 27.8. The van der Waals surface area contributed by atoms with Gasteiger partial charge < -0.3 is 9.88 Å². The first-order valence-corrected chi connectivity index (χ1v) is 12.8. The minimum absolute atomic E-state index is 0.132. The molecule has 1 fully saturated rings. The summed E-state index contributed by atoms with van der Waals surface area (Å²) >= 11 is 1.43. The topological polar surface area (TPSA) is 92.8 Å². The van der Waals surface area contributed by atoms with Crippen molar-refractivity contribution in [3.63, 3.8) is 0 Å². The van der Waals surface area contributed by atoms with Crippen molar-refractivity contribution in [1.82, 2.24) is 29.2 Å². The van der Waals surface area contributed by atoms with Gasteiger partial charge in [0.25, 0.3) is 15.9 Å². The van der Waals surface area contributed by atoms with Crippen molar-refractivity contribution in [3.05, 3.63) is 45.4 Å². The zero-order valence-electron chi connectivity index (χ0n) is 18.4. The predicted octanol–water partition coefficient (Wildman–Crippen LogP) is 1.54. The number of hydrogen-bond acceptors (Lipinski definition) is 7. The molecule has 0 atom stereocenters. The van der Waals surface area contributed by atoms with Gasteiger partial charge in [0, 0.05) is 68.2 Å². The van der Waals surface area contributed by atoms with Gasteiger partial charge in [0.05, 0.1) is 12.2 Å². The molecule has 0 unspecified atom stereocenters. The Morgan fingerprint density at radius 3 is 2.58 bits per heavy atom. The van der Waals surface area contributed by atoms with Gasteiger partial charge in [-0.3, -0.25) is 4.79 Å². The van der Waals surface area contributed by atoms with Crippen LogP contribution in [0.4, 0.5) is 0 Å². The second-order valence-electron chi connectivity index (χ2n) is 8.30. The largest absolute Gasteiger partial charge is 0.345 e. The fraction of sp³-hybridized carbons (Fsp3) is 0.364. The summed E-state index contributed by atoms with van der Waals surface area (Å²) in [5.41, 5.74) is 2.35. The van der Waals surface area contributed by atoms with Gasteiger partial charge in [-0.25, -0.2) is 23.4 Å². The molecule has 9 nitrogen and oxygen atoms in total. The second kappa shape index (κ2) is 8.23. The van der Waals surface area contributed by atoms with E-state index in [2.05, 4.69) is 25.9 Å². The number of hydrazine groups is 1. The van der Waals surface area contributed by atoms with Crippen LogP contribution in [0.3, 0.4) is 0 Å². The van der Waals surface area contributed by atoms with Gasteiger partial charge in [-0.05, 0) is 24.3 Å². The number of sulfonamides is 1. The van der Waals surface area contributed by atoms with E-state index in [1.165, 1.54) is 15.6 Å². The standard InChI is InChI=1S/C22H24N6O3S2/c1-4-15-5-6-17-16(11-15)12-20(23-17)33(30,31)28-9-7-27(8-10-28)22(29)21-24-18-13-25(2)26(3)14-19(18)32-21/h1,5-6,11-12,23H,7-10,13-14H2,2-3H3. The number of rotatable bonds is 3. The summed E-state index contributed by atoms with van der Waals surface area (Å²) in [5.74, 6) is 2.42. The summed E-state index contributed by atoms with van der Waals surface area (Å²) in [6.07, 6.45) is 5.44. The smallest absolute Gasteiger partial charge is 0.282 e. The van der Waals surface area contributed by atoms with Gasteiger partial charge in [-0.15, -0.1) is 17.8 Å². The minimum Gasteiger partial charge on any atom is -0.345 e. The van der Waals surface area contributed by atoms with E-state index in [0.29, 0.717) is 35.7 Å². The summed E-state index contributed by atoms with van der Waals surface area (Å²) in [7, 11) is 0.288. The number of H-pyrrole nitrogens is 1. The fourth-order valence-electron chi connectivity index (χ4n) is 4.13. The summed E-state index contributed by atoms with van der Waals surface area (Å²) in [5, 5.41) is 5.52. The maximum Gasteiger partial charge on any atom is 0.282 e. The maximum atomic E-state index is 13.2. The molecular weight excluding hydrogens is 460 g/mol. The molecule has 11 heteroatoms. The number of piperazine rings is 1. The molecular formula is C22H24N6O3S2. The number of carbonyl (C=O) groups excluding carboxylic acids is 1. The summed E-state index contributed by atoms with van der Waals surface area (Å²) in [6, 6.07) is 6.94. The lowest BCUT2D eigenvalue weighted by Crippen LogP contribution is -2.50. The number of aromatic nitrogens is 2. The van der Waals surface area contributed by atoms with E-state index in [0.717, 1.165) is 22.5 Å². The molecule has 2 aliphatic heterocycles. The molecule has 3 aromatic rings. The van der Waals surface area contributed by atoms with Crippen LogP contribution in [0.25, 0.3) is 10.9 Å². The number of hydrogen-bond donors (Lipinski definition) is 1. The third-order valence-corrected chi connectivity index (χ3v) is 9.09. The fourth-order valence-corrected chi connectivity index (χ4v) is 6.65. The Kier molecular flexibility index (Phi) is 5.50. The van der Waals surface area contributed by atoms with Crippen molar-refractivity contribution in [2.75, 3.05) is 40.3 Å². The quantitative estimate of drug-likeness (QED) is 0.567. The average Bonchev–Trinajstić information content (AvgIpc) is 3.43. The van der Waals surface area contributed by atoms with E-state index in [-0.39, 0.29) is 24.0 Å². The van der Waals surface area contributed by atoms with Gasteiger partial charge in [0.15, 0.2) is 5.01 Å². The molecule has 1 amide bonds. The number of thiazole rings is 1. The normalized spacial score (nSPS) is 18.4. The van der Waals surface area contributed by atoms with Crippen molar-refractivity contribution >= 4 is 38.2 Å². The molecule has 5 rings (SSSR count). The lowest BCUT2D eigenvalue weighted by atomic mass is 10.2. The van der Waals surface area contributed by atoms with E-state index in [9.17, 15) is 13.2 Å². The van der Waals surface area contributed by atoms with E-state index >= 15 is 0 Å². The number of benzene rings is 1.